The van der Waals surface area contributed by atoms with Gasteiger partial charge in [-0.2, -0.15) is 0 Å². The van der Waals surface area contributed by atoms with Crippen molar-refractivity contribution in [3.8, 4) is 5.75 Å². The molecular formula is C39H50N7O5+. The summed E-state index contributed by atoms with van der Waals surface area (Å²) in [4.78, 5) is 58.9. The van der Waals surface area contributed by atoms with Gasteiger partial charge in [0.2, 0.25) is 0 Å². The SMILES string of the molecule is O=C(NC(Cn1ccc(OCc2ccccc2)cc1=O)C(=O)[N+]1(C2CCNCC2)CCCCC1)N1CCC(N2Cc3ccccc3NC2=O)CC1. The fourth-order valence-electron chi connectivity index (χ4n) is 8.44. The number of nitrogens with zero attached hydrogens (tertiary/aromatic N) is 4. The highest BCUT2D eigenvalue weighted by Crippen LogP contribution is 2.31. The average Bonchev–Trinajstić information content (AvgIpc) is 3.18. The molecule has 5 amide bonds. The number of pyridine rings is 1. The van der Waals surface area contributed by atoms with Crippen molar-refractivity contribution in [2.75, 3.05) is 44.6 Å². The maximum Gasteiger partial charge on any atom is 0.338 e. The number of fused-ring (bicyclic) bond motifs is 1. The van der Waals surface area contributed by atoms with Gasteiger partial charge >= 0.3 is 18.0 Å². The van der Waals surface area contributed by atoms with Crippen LogP contribution in [0.3, 0.4) is 0 Å². The van der Waals surface area contributed by atoms with E-state index in [9.17, 15) is 19.2 Å². The van der Waals surface area contributed by atoms with Crippen LogP contribution in [-0.2, 0) is 24.5 Å². The number of piperidine rings is 3. The molecular weight excluding hydrogens is 646 g/mol. The van der Waals surface area contributed by atoms with Crippen LogP contribution in [0.4, 0.5) is 15.3 Å². The Morgan fingerprint density at radius 3 is 2.37 bits per heavy atom. The molecule has 0 spiro atoms. The number of anilines is 1. The first-order chi connectivity index (χ1) is 24.9. The van der Waals surface area contributed by atoms with Crippen LogP contribution in [0.25, 0.3) is 0 Å². The number of benzene rings is 2. The molecule has 5 heterocycles. The highest BCUT2D eigenvalue weighted by molar-refractivity contribution is 5.92. The third kappa shape index (κ3) is 7.82. The number of ether oxygens (including phenoxy) is 1. The van der Waals surface area contributed by atoms with Gasteiger partial charge in [-0.05, 0) is 55.4 Å². The second-order valence-corrected chi connectivity index (χ2v) is 14.4. The summed E-state index contributed by atoms with van der Waals surface area (Å²) in [5, 5.41) is 9.56. The Bertz CT molecular complexity index is 1740. The number of quaternary nitrogens is 1. The van der Waals surface area contributed by atoms with E-state index >= 15 is 0 Å². The van der Waals surface area contributed by atoms with Crippen molar-refractivity contribution in [1.29, 1.82) is 0 Å². The van der Waals surface area contributed by atoms with Crippen molar-refractivity contribution in [2.45, 2.75) is 82.8 Å². The topological polar surface area (TPSA) is 125 Å². The Kier molecular flexibility index (Phi) is 10.7. The second-order valence-electron chi connectivity index (χ2n) is 14.4. The van der Waals surface area contributed by atoms with Crippen molar-refractivity contribution >= 4 is 23.7 Å². The molecule has 12 heteroatoms. The predicted molar refractivity (Wildman–Crippen MR) is 194 cm³/mol. The summed E-state index contributed by atoms with van der Waals surface area (Å²) in [6, 6.07) is 19.7. The van der Waals surface area contributed by atoms with Crippen LogP contribution in [0.2, 0.25) is 0 Å². The van der Waals surface area contributed by atoms with E-state index in [0.29, 0.717) is 49.3 Å². The number of hydrogen-bond donors (Lipinski definition) is 3. The molecule has 4 aliphatic rings. The Hall–Kier alpha value is -4.68. The van der Waals surface area contributed by atoms with Crippen molar-refractivity contribution in [1.82, 2.24) is 25.0 Å². The fraction of sp³-hybridized carbons (Fsp3) is 0.487. The molecule has 2 aromatic carbocycles. The second kappa shape index (κ2) is 15.7. The molecule has 3 saturated heterocycles. The average molecular weight is 697 g/mol. The van der Waals surface area contributed by atoms with Crippen LogP contribution >= 0.6 is 0 Å². The summed E-state index contributed by atoms with van der Waals surface area (Å²) in [5.74, 6) is 0.444. The Labute approximate surface area is 299 Å². The fourth-order valence-corrected chi connectivity index (χ4v) is 8.44. The number of amides is 5. The summed E-state index contributed by atoms with van der Waals surface area (Å²) >= 11 is 0. The summed E-state index contributed by atoms with van der Waals surface area (Å²) in [6.07, 6.45) is 7.77. The lowest BCUT2D eigenvalue weighted by molar-refractivity contribution is -0.886. The van der Waals surface area contributed by atoms with Crippen LogP contribution in [-0.4, -0.2) is 94.2 Å². The van der Waals surface area contributed by atoms with Crippen LogP contribution in [0.15, 0.2) is 77.7 Å². The predicted octanol–water partition coefficient (Wildman–Crippen LogP) is 4.30. The molecule has 3 aromatic rings. The molecule has 1 aromatic heterocycles. The Morgan fingerprint density at radius 1 is 0.902 bits per heavy atom. The van der Waals surface area contributed by atoms with E-state index in [0.717, 1.165) is 75.1 Å². The van der Waals surface area contributed by atoms with E-state index in [1.54, 1.807) is 17.2 Å². The van der Waals surface area contributed by atoms with E-state index in [-0.39, 0.29) is 42.2 Å². The number of urea groups is 2. The summed E-state index contributed by atoms with van der Waals surface area (Å²) in [7, 11) is 0. The van der Waals surface area contributed by atoms with E-state index in [1.165, 1.54) is 10.6 Å². The van der Waals surface area contributed by atoms with Gasteiger partial charge in [0.25, 0.3) is 5.56 Å². The highest BCUT2D eigenvalue weighted by Gasteiger charge is 2.49. The molecule has 1 atom stereocenters. The molecule has 0 saturated carbocycles. The lowest BCUT2D eigenvalue weighted by atomic mass is 9.94. The third-order valence-electron chi connectivity index (χ3n) is 11.3. The monoisotopic (exact) mass is 696 g/mol. The lowest BCUT2D eigenvalue weighted by Gasteiger charge is -2.47. The summed E-state index contributed by atoms with van der Waals surface area (Å²) in [5.41, 5.74) is 2.63. The number of hydrogen-bond acceptors (Lipinski definition) is 6. The largest absolute Gasteiger partial charge is 0.489 e. The normalized spacial score (nSPS) is 20.2. The standard InChI is InChI=1S/C39H49N7O5/c47-36-25-33(51-28-29-9-3-1-4-10-29)17-22-44(36)27-35(37(48)46(23-7-2-8-24-46)32-13-18-40-19-14-32)42-38(49)43-20-15-31(16-21-43)45-26-30-11-5-6-12-34(30)41-39(45)50/h1,3-6,9-12,17,22,25,31-32,35,40H,2,7-8,13-16,18-21,23-24,26-28H2,(H-,41,42,49,50)/p+1. The first-order valence-electron chi connectivity index (χ1n) is 18.6. The van der Waals surface area contributed by atoms with Gasteiger partial charge in [0.15, 0.2) is 6.04 Å². The van der Waals surface area contributed by atoms with Gasteiger partial charge in [-0.1, -0.05) is 48.5 Å². The minimum Gasteiger partial charge on any atom is -0.489 e. The van der Waals surface area contributed by atoms with Gasteiger partial charge in [0.05, 0.1) is 25.7 Å². The zero-order chi connectivity index (χ0) is 35.2. The number of aromatic nitrogens is 1. The van der Waals surface area contributed by atoms with Gasteiger partial charge in [-0.3, -0.25) is 9.28 Å². The van der Waals surface area contributed by atoms with E-state index in [2.05, 4.69) is 16.0 Å². The molecule has 4 aliphatic heterocycles. The molecule has 3 N–H and O–H groups in total. The van der Waals surface area contributed by atoms with E-state index < -0.39 is 6.04 Å². The summed E-state index contributed by atoms with van der Waals surface area (Å²) < 4.78 is 7.77. The quantitative estimate of drug-likeness (QED) is 0.287. The van der Waals surface area contributed by atoms with Crippen molar-refractivity contribution in [3.05, 3.63) is 94.4 Å². The molecule has 0 radical (unpaired) electrons. The third-order valence-corrected chi connectivity index (χ3v) is 11.3. The van der Waals surface area contributed by atoms with Gasteiger partial charge in [-0.25, -0.2) is 14.4 Å². The molecule has 7 rings (SSSR count). The Balaban J connectivity index is 1.07. The van der Waals surface area contributed by atoms with Crippen LogP contribution < -0.4 is 26.2 Å². The zero-order valence-corrected chi connectivity index (χ0v) is 29.3. The van der Waals surface area contributed by atoms with Crippen LogP contribution in [0.5, 0.6) is 5.75 Å². The molecule has 1 unspecified atom stereocenters. The number of carbonyl (C=O) groups excluding carboxylic acids is 3. The molecule has 12 nitrogen and oxygen atoms in total. The van der Waals surface area contributed by atoms with E-state index in [4.69, 9.17) is 4.74 Å². The summed E-state index contributed by atoms with van der Waals surface area (Å²) in [6.45, 7) is 5.09. The Morgan fingerprint density at radius 2 is 1.63 bits per heavy atom. The van der Waals surface area contributed by atoms with Gasteiger partial charge in [0.1, 0.15) is 12.4 Å². The molecule has 0 bridgehead atoms. The first-order valence-corrected chi connectivity index (χ1v) is 18.6. The molecule has 3 fully saturated rings. The first kappa shape index (κ1) is 34.8. The van der Waals surface area contributed by atoms with Gasteiger partial charge in [0, 0.05) is 69.6 Å². The molecule has 51 heavy (non-hydrogen) atoms. The zero-order valence-electron chi connectivity index (χ0n) is 29.3. The van der Waals surface area contributed by atoms with Crippen molar-refractivity contribution in [2.24, 2.45) is 0 Å². The smallest absolute Gasteiger partial charge is 0.338 e. The van der Waals surface area contributed by atoms with Gasteiger partial charge in [-0.15, -0.1) is 0 Å². The lowest BCUT2D eigenvalue weighted by Crippen LogP contribution is -2.69. The number of likely N-dealkylation sites (tertiary alicyclic amines) is 2. The number of nitrogens with one attached hydrogen (secondary N) is 3. The molecule has 0 aliphatic carbocycles. The van der Waals surface area contributed by atoms with E-state index in [1.807, 2.05) is 59.5 Å². The highest BCUT2D eigenvalue weighted by atomic mass is 16.5. The minimum absolute atomic E-state index is 0.00289. The van der Waals surface area contributed by atoms with Crippen molar-refractivity contribution in [3.63, 3.8) is 0 Å². The maximum absolute atomic E-state index is 14.9. The number of para-hydroxylation sites is 1. The maximum atomic E-state index is 14.9. The molecule has 270 valence electrons. The minimum atomic E-state index is -0.888. The number of rotatable bonds is 9. The van der Waals surface area contributed by atoms with Crippen LogP contribution in [0, 0.1) is 0 Å². The van der Waals surface area contributed by atoms with Crippen molar-refractivity contribution < 1.29 is 23.6 Å². The number of carbonyl (C=O) groups is 3. The van der Waals surface area contributed by atoms with Crippen LogP contribution in [0.1, 0.15) is 56.1 Å². The van der Waals surface area contributed by atoms with Gasteiger partial charge < -0.3 is 35.1 Å².